The lowest BCUT2D eigenvalue weighted by Gasteiger charge is -2.30. The molecule has 6 rings (SSSR count). The Bertz CT molecular complexity index is 1830. The lowest BCUT2D eigenvalue weighted by Crippen LogP contribution is -2.37. The van der Waals surface area contributed by atoms with Crippen LogP contribution in [0, 0.1) is 6.92 Å². The van der Waals surface area contributed by atoms with Crippen molar-refractivity contribution in [3.63, 3.8) is 0 Å². The van der Waals surface area contributed by atoms with Crippen molar-refractivity contribution in [3.05, 3.63) is 104 Å². The molecular weight excluding hydrogens is 470 g/mol. The SMILES string of the molecule is COc1ccc([C@@H]2Oc3ccccc3-n3c(-c4ccc(C)cc4)c4c(=O)n(C)c(=O)n(C)c4c32)cc1O. The molecule has 1 aliphatic heterocycles. The summed E-state index contributed by atoms with van der Waals surface area (Å²) in [5.74, 6) is 0.918. The molecule has 0 saturated carbocycles. The van der Waals surface area contributed by atoms with Gasteiger partial charge in [-0.2, -0.15) is 0 Å². The smallest absolute Gasteiger partial charge is 0.331 e. The van der Waals surface area contributed by atoms with Gasteiger partial charge in [0, 0.05) is 19.7 Å². The summed E-state index contributed by atoms with van der Waals surface area (Å²) < 4.78 is 16.4. The van der Waals surface area contributed by atoms with Gasteiger partial charge in [0.25, 0.3) is 5.56 Å². The molecule has 37 heavy (non-hydrogen) atoms. The van der Waals surface area contributed by atoms with Crippen LogP contribution >= 0.6 is 0 Å². The molecule has 0 radical (unpaired) electrons. The fourth-order valence-electron chi connectivity index (χ4n) is 5.19. The van der Waals surface area contributed by atoms with E-state index < -0.39 is 11.8 Å². The van der Waals surface area contributed by atoms with Gasteiger partial charge in [0.15, 0.2) is 17.6 Å². The van der Waals surface area contributed by atoms with Crippen molar-refractivity contribution < 1.29 is 14.6 Å². The molecule has 1 N–H and O–H groups in total. The van der Waals surface area contributed by atoms with E-state index in [2.05, 4.69) is 0 Å². The number of phenolic OH excluding ortho intramolecular Hbond substituents is 1. The number of para-hydroxylation sites is 2. The maximum absolute atomic E-state index is 13.7. The van der Waals surface area contributed by atoms with E-state index in [0.29, 0.717) is 39.4 Å². The first kappa shape index (κ1) is 22.7. The number of benzene rings is 3. The van der Waals surface area contributed by atoms with E-state index in [1.165, 1.54) is 18.7 Å². The summed E-state index contributed by atoms with van der Waals surface area (Å²) in [7, 11) is 4.64. The van der Waals surface area contributed by atoms with Crippen molar-refractivity contribution in [2.75, 3.05) is 7.11 Å². The lowest BCUT2D eigenvalue weighted by atomic mass is 10.0. The number of aromatic hydroxyl groups is 1. The maximum atomic E-state index is 13.7. The van der Waals surface area contributed by atoms with Crippen LogP contribution in [0.4, 0.5) is 0 Å². The lowest BCUT2D eigenvalue weighted by molar-refractivity contribution is 0.228. The average molecular weight is 496 g/mol. The minimum absolute atomic E-state index is 0.0339. The summed E-state index contributed by atoms with van der Waals surface area (Å²) in [5.41, 5.74) is 4.31. The zero-order chi connectivity index (χ0) is 26.0. The summed E-state index contributed by atoms with van der Waals surface area (Å²) in [4.78, 5) is 26.8. The second-order valence-electron chi connectivity index (χ2n) is 9.26. The fraction of sp³-hybridized carbons (Fsp3) is 0.172. The van der Waals surface area contributed by atoms with Gasteiger partial charge in [-0.3, -0.25) is 13.9 Å². The van der Waals surface area contributed by atoms with Crippen LogP contribution in [0.15, 0.2) is 76.3 Å². The highest BCUT2D eigenvalue weighted by atomic mass is 16.5. The molecule has 0 saturated heterocycles. The topological polar surface area (TPSA) is 87.6 Å². The molecule has 3 aromatic carbocycles. The van der Waals surface area contributed by atoms with Gasteiger partial charge in [0.2, 0.25) is 0 Å². The summed E-state index contributed by atoms with van der Waals surface area (Å²) in [6.45, 7) is 2.01. The first-order chi connectivity index (χ1) is 17.8. The van der Waals surface area contributed by atoms with Gasteiger partial charge in [-0.1, -0.05) is 48.0 Å². The summed E-state index contributed by atoms with van der Waals surface area (Å²) in [6.07, 6.45) is -0.717. The van der Waals surface area contributed by atoms with Crippen molar-refractivity contribution in [2.45, 2.75) is 13.0 Å². The predicted molar refractivity (Wildman–Crippen MR) is 141 cm³/mol. The van der Waals surface area contributed by atoms with E-state index in [4.69, 9.17) is 9.47 Å². The quantitative estimate of drug-likeness (QED) is 0.405. The molecule has 1 atom stereocenters. The monoisotopic (exact) mass is 495 g/mol. The standard InChI is InChI=1S/C29H25N3O5/c1-16-9-11-17(12-10-16)24-23-25(30(2)29(35)31(3)28(23)34)26-27(18-13-14-22(36-4)20(33)15-18)37-21-8-6-5-7-19(21)32(24)26/h5-15,27,33H,1-4H3/t27-/m0/s1. The molecule has 8 nitrogen and oxygen atoms in total. The van der Waals surface area contributed by atoms with Gasteiger partial charge in [0.05, 0.1) is 35.1 Å². The third-order valence-electron chi connectivity index (χ3n) is 7.04. The highest BCUT2D eigenvalue weighted by Crippen LogP contribution is 2.47. The third kappa shape index (κ3) is 3.22. The average Bonchev–Trinajstić information content (AvgIpc) is 3.27. The molecule has 0 fully saturated rings. The second-order valence-corrected chi connectivity index (χ2v) is 9.26. The van der Waals surface area contributed by atoms with Gasteiger partial charge < -0.3 is 19.1 Å². The fourth-order valence-corrected chi connectivity index (χ4v) is 5.19. The molecule has 2 aromatic heterocycles. The van der Waals surface area contributed by atoms with Crippen LogP contribution in [-0.4, -0.2) is 25.9 Å². The van der Waals surface area contributed by atoms with Gasteiger partial charge in [-0.05, 0) is 36.8 Å². The van der Waals surface area contributed by atoms with E-state index in [1.807, 2.05) is 66.1 Å². The molecule has 0 unspecified atom stereocenters. The molecule has 3 heterocycles. The van der Waals surface area contributed by atoms with Crippen molar-refractivity contribution in [2.24, 2.45) is 14.1 Å². The molecule has 186 valence electrons. The number of ether oxygens (including phenoxy) is 2. The van der Waals surface area contributed by atoms with Crippen LogP contribution < -0.4 is 20.7 Å². The van der Waals surface area contributed by atoms with Crippen LogP contribution in [0.25, 0.3) is 27.8 Å². The second kappa shape index (κ2) is 8.16. The largest absolute Gasteiger partial charge is 0.504 e. The van der Waals surface area contributed by atoms with Crippen LogP contribution in [-0.2, 0) is 14.1 Å². The number of phenols is 1. The van der Waals surface area contributed by atoms with Crippen LogP contribution in [0.5, 0.6) is 17.2 Å². The predicted octanol–water partition coefficient (Wildman–Crippen LogP) is 4.20. The number of methoxy groups -OCH3 is 1. The minimum Gasteiger partial charge on any atom is -0.504 e. The molecule has 0 amide bonds. The third-order valence-corrected chi connectivity index (χ3v) is 7.04. The maximum Gasteiger partial charge on any atom is 0.331 e. The Kier molecular flexibility index (Phi) is 5.01. The van der Waals surface area contributed by atoms with E-state index >= 15 is 0 Å². The number of aryl methyl sites for hydroxylation is 2. The summed E-state index contributed by atoms with van der Waals surface area (Å²) in [6, 6.07) is 20.6. The van der Waals surface area contributed by atoms with Crippen LogP contribution in [0.2, 0.25) is 0 Å². The van der Waals surface area contributed by atoms with Crippen molar-refractivity contribution in [3.8, 4) is 34.2 Å². The number of aromatic nitrogens is 3. The Labute approximate surface area is 212 Å². The zero-order valence-corrected chi connectivity index (χ0v) is 20.9. The van der Waals surface area contributed by atoms with Crippen LogP contribution in [0.3, 0.4) is 0 Å². The van der Waals surface area contributed by atoms with Gasteiger partial charge in [0.1, 0.15) is 5.75 Å². The first-order valence-electron chi connectivity index (χ1n) is 11.9. The molecule has 0 bridgehead atoms. The number of rotatable bonds is 3. The highest BCUT2D eigenvalue weighted by molar-refractivity contribution is 5.98. The number of hydrogen-bond acceptors (Lipinski definition) is 5. The molecule has 1 aliphatic rings. The van der Waals surface area contributed by atoms with E-state index in [1.54, 1.807) is 19.2 Å². The van der Waals surface area contributed by atoms with Crippen LogP contribution in [0.1, 0.15) is 22.9 Å². The van der Waals surface area contributed by atoms with Crippen molar-refractivity contribution >= 4 is 10.9 Å². The van der Waals surface area contributed by atoms with Gasteiger partial charge in [-0.25, -0.2) is 4.79 Å². The molecule has 8 heteroatoms. The summed E-state index contributed by atoms with van der Waals surface area (Å²) in [5, 5.41) is 11.0. The minimum atomic E-state index is -0.717. The van der Waals surface area contributed by atoms with E-state index in [0.717, 1.165) is 21.4 Å². The zero-order valence-electron chi connectivity index (χ0n) is 20.9. The first-order valence-corrected chi connectivity index (χ1v) is 11.9. The number of nitrogens with zero attached hydrogens (tertiary/aromatic N) is 3. The van der Waals surface area contributed by atoms with E-state index in [9.17, 15) is 14.7 Å². The normalized spacial score (nSPS) is 14.2. The number of hydrogen-bond donors (Lipinski definition) is 1. The van der Waals surface area contributed by atoms with Crippen molar-refractivity contribution in [1.82, 2.24) is 13.7 Å². The molecular formula is C29H25N3O5. The Morgan fingerprint density at radius 1 is 0.946 bits per heavy atom. The van der Waals surface area contributed by atoms with Gasteiger partial charge in [-0.15, -0.1) is 0 Å². The van der Waals surface area contributed by atoms with Crippen molar-refractivity contribution in [1.29, 1.82) is 0 Å². The highest BCUT2D eigenvalue weighted by Gasteiger charge is 2.36. The Hall–Kier alpha value is -4.72. The molecule has 5 aromatic rings. The van der Waals surface area contributed by atoms with E-state index in [-0.39, 0.29) is 11.3 Å². The number of fused-ring (bicyclic) bond motifs is 5. The Balaban J connectivity index is 1.82. The Morgan fingerprint density at radius 3 is 2.38 bits per heavy atom. The summed E-state index contributed by atoms with van der Waals surface area (Å²) >= 11 is 0. The molecule has 0 spiro atoms. The van der Waals surface area contributed by atoms with Gasteiger partial charge >= 0.3 is 5.69 Å². The Morgan fingerprint density at radius 2 is 1.68 bits per heavy atom. The molecule has 0 aliphatic carbocycles.